The summed E-state index contributed by atoms with van der Waals surface area (Å²) in [6, 6.07) is 0.822. The summed E-state index contributed by atoms with van der Waals surface area (Å²) in [7, 11) is 0. The Morgan fingerprint density at radius 1 is 1.64 bits per heavy atom. The highest BCUT2D eigenvalue weighted by Gasteiger charge is 2.22. The molecule has 1 aromatic heterocycles. The predicted octanol–water partition coefficient (Wildman–Crippen LogP) is 1.42. The Kier molecular flexibility index (Phi) is 3.03. The van der Waals surface area contributed by atoms with E-state index < -0.39 is 29.2 Å². The minimum atomic E-state index is -2.95. The van der Waals surface area contributed by atoms with Gasteiger partial charge in [0.25, 0.3) is 12.1 Å². The number of nitro groups is 1. The average molecular weight is 204 g/mol. The first kappa shape index (κ1) is 10.5. The molecule has 0 fully saturated rings. The normalized spacial score (nSPS) is 10.6. The van der Waals surface area contributed by atoms with Crippen LogP contribution in [0.4, 0.5) is 14.5 Å². The van der Waals surface area contributed by atoms with Gasteiger partial charge in [-0.05, 0) is 6.07 Å². The highest BCUT2D eigenvalue weighted by Crippen LogP contribution is 2.28. The first-order valence-corrected chi connectivity index (χ1v) is 3.58. The van der Waals surface area contributed by atoms with E-state index in [-0.39, 0.29) is 5.69 Å². The number of aliphatic hydroxyl groups excluding tert-OH is 1. The van der Waals surface area contributed by atoms with E-state index in [1.54, 1.807) is 0 Å². The van der Waals surface area contributed by atoms with Crippen molar-refractivity contribution in [3.63, 3.8) is 0 Å². The molecule has 0 spiro atoms. The number of aliphatic hydroxyl groups is 1. The van der Waals surface area contributed by atoms with Crippen molar-refractivity contribution in [3.05, 3.63) is 33.6 Å². The third kappa shape index (κ3) is 1.99. The minimum absolute atomic E-state index is 0.0223. The predicted molar refractivity (Wildman–Crippen MR) is 41.8 cm³/mol. The fraction of sp³-hybridized carbons (Fsp3) is 0.286. The molecule has 0 aliphatic rings. The van der Waals surface area contributed by atoms with Crippen molar-refractivity contribution in [2.45, 2.75) is 13.0 Å². The molecule has 0 aromatic carbocycles. The number of pyridine rings is 1. The number of nitrogens with zero attached hydrogens (tertiary/aromatic N) is 2. The van der Waals surface area contributed by atoms with Gasteiger partial charge in [0.2, 0.25) is 0 Å². The Hall–Kier alpha value is -1.63. The van der Waals surface area contributed by atoms with Crippen molar-refractivity contribution in [2.24, 2.45) is 0 Å². The lowest BCUT2D eigenvalue weighted by Crippen LogP contribution is -2.00. The van der Waals surface area contributed by atoms with Crippen LogP contribution < -0.4 is 0 Å². The zero-order valence-electron chi connectivity index (χ0n) is 6.85. The lowest BCUT2D eigenvalue weighted by molar-refractivity contribution is -0.386. The maximum Gasteiger partial charge on any atom is 0.296 e. The second-order valence-electron chi connectivity index (χ2n) is 2.45. The maximum atomic E-state index is 12.3. The second-order valence-corrected chi connectivity index (χ2v) is 2.45. The summed E-state index contributed by atoms with van der Waals surface area (Å²) in [6.45, 7) is -0.530. The smallest absolute Gasteiger partial charge is 0.296 e. The summed E-state index contributed by atoms with van der Waals surface area (Å²) in [4.78, 5) is 12.8. The molecule has 14 heavy (non-hydrogen) atoms. The zero-order valence-corrected chi connectivity index (χ0v) is 6.85. The lowest BCUT2D eigenvalue weighted by atomic mass is 10.2. The van der Waals surface area contributed by atoms with Crippen molar-refractivity contribution in [1.82, 2.24) is 4.98 Å². The summed E-state index contributed by atoms with van der Waals surface area (Å²) in [5.74, 6) is 0. The molecule has 0 bridgehead atoms. The minimum Gasteiger partial charge on any atom is -0.390 e. The van der Waals surface area contributed by atoms with Gasteiger partial charge in [-0.2, -0.15) is 0 Å². The summed E-state index contributed by atoms with van der Waals surface area (Å²) in [6.07, 6.45) is -2.24. The molecule has 0 saturated carbocycles. The van der Waals surface area contributed by atoms with Crippen LogP contribution in [0.15, 0.2) is 12.3 Å². The fourth-order valence-corrected chi connectivity index (χ4v) is 0.923. The zero-order chi connectivity index (χ0) is 10.7. The van der Waals surface area contributed by atoms with Gasteiger partial charge in [0.05, 0.1) is 22.8 Å². The monoisotopic (exact) mass is 204 g/mol. The molecule has 7 heteroatoms. The molecule has 0 amide bonds. The SMILES string of the molecule is O=[N+]([O-])c1cnc(CO)cc1C(F)F. The van der Waals surface area contributed by atoms with E-state index in [4.69, 9.17) is 5.11 Å². The molecule has 0 atom stereocenters. The fourth-order valence-electron chi connectivity index (χ4n) is 0.923. The molecular formula is C7H6F2N2O3. The van der Waals surface area contributed by atoms with Crippen molar-refractivity contribution in [3.8, 4) is 0 Å². The molecule has 1 heterocycles. The molecule has 0 unspecified atom stereocenters. The van der Waals surface area contributed by atoms with E-state index in [0.29, 0.717) is 6.20 Å². The van der Waals surface area contributed by atoms with E-state index in [9.17, 15) is 18.9 Å². The Bertz CT molecular complexity index is 357. The third-order valence-electron chi connectivity index (χ3n) is 1.56. The third-order valence-corrected chi connectivity index (χ3v) is 1.56. The van der Waals surface area contributed by atoms with Crippen LogP contribution in [0.5, 0.6) is 0 Å². The van der Waals surface area contributed by atoms with Gasteiger partial charge in [0.15, 0.2) is 0 Å². The van der Waals surface area contributed by atoms with Crippen molar-refractivity contribution in [1.29, 1.82) is 0 Å². The topological polar surface area (TPSA) is 76.3 Å². The van der Waals surface area contributed by atoms with E-state index in [2.05, 4.69) is 4.98 Å². The van der Waals surface area contributed by atoms with Gasteiger partial charge >= 0.3 is 0 Å². The molecule has 5 nitrogen and oxygen atoms in total. The molecule has 0 aliphatic carbocycles. The van der Waals surface area contributed by atoms with E-state index in [1.165, 1.54) is 0 Å². The van der Waals surface area contributed by atoms with E-state index >= 15 is 0 Å². The Balaban J connectivity index is 3.24. The van der Waals surface area contributed by atoms with E-state index in [0.717, 1.165) is 6.07 Å². The largest absolute Gasteiger partial charge is 0.390 e. The number of rotatable bonds is 3. The first-order chi connectivity index (χ1) is 6.56. The van der Waals surface area contributed by atoms with Crippen LogP contribution in [0, 0.1) is 10.1 Å². The Morgan fingerprint density at radius 2 is 2.29 bits per heavy atom. The van der Waals surface area contributed by atoms with Crippen molar-refractivity contribution >= 4 is 5.69 Å². The molecule has 1 N–H and O–H groups in total. The Morgan fingerprint density at radius 3 is 2.71 bits per heavy atom. The number of hydrogen-bond acceptors (Lipinski definition) is 4. The van der Waals surface area contributed by atoms with Gasteiger partial charge in [-0.1, -0.05) is 0 Å². The number of aromatic nitrogens is 1. The Labute approximate surface area is 77.2 Å². The van der Waals surface area contributed by atoms with Crippen LogP contribution in [0.1, 0.15) is 17.7 Å². The molecule has 0 radical (unpaired) electrons. The lowest BCUT2D eigenvalue weighted by Gasteiger charge is -2.02. The van der Waals surface area contributed by atoms with Crippen LogP contribution in [-0.2, 0) is 6.61 Å². The molecule has 0 aliphatic heterocycles. The average Bonchev–Trinajstić information content (AvgIpc) is 2.16. The standard InChI is InChI=1S/C7H6F2N2O3/c8-7(9)5-1-4(3-12)10-2-6(5)11(13)14/h1-2,7,12H,3H2. The summed E-state index contributed by atoms with van der Waals surface area (Å²) in [5, 5.41) is 18.9. The molecule has 76 valence electrons. The van der Waals surface area contributed by atoms with Gasteiger partial charge in [-0.15, -0.1) is 0 Å². The van der Waals surface area contributed by atoms with Crippen LogP contribution in [0.25, 0.3) is 0 Å². The van der Waals surface area contributed by atoms with Crippen LogP contribution in [-0.4, -0.2) is 15.0 Å². The van der Waals surface area contributed by atoms with Gasteiger partial charge in [-0.25, -0.2) is 8.78 Å². The van der Waals surface area contributed by atoms with E-state index in [1.807, 2.05) is 0 Å². The van der Waals surface area contributed by atoms with Crippen molar-refractivity contribution < 1.29 is 18.8 Å². The van der Waals surface area contributed by atoms with Crippen LogP contribution in [0.2, 0.25) is 0 Å². The maximum absolute atomic E-state index is 12.3. The highest BCUT2D eigenvalue weighted by atomic mass is 19.3. The summed E-state index contributed by atoms with van der Waals surface area (Å²) < 4.78 is 24.6. The quantitative estimate of drug-likeness (QED) is 0.596. The van der Waals surface area contributed by atoms with Crippen LogP contribution >= 0.6 is 0 Å². The van der Waals surface area contributed by atoms with Gasteiger partial charge in [-0.3, -0.25) is 15.1 Å². The number of hydrogen-bond donors (Lipinski definition) is 1. The summed E-state index contributed by atoms with van der Waals surface area (Å²) in [5.41, 5.74) is -1.49. The van der Waals surface area contributed by atoms with Crippen LogP contribution in [0.3, 0.4) is 0 Å². The second kappa shape index (κ2) is 4.05. The molecular weight excluding hydrogens is 198 g/mol. The number of halogens is 2. The molecule has 1 aromatic rings. The van der Waals surface area contributed by atoms with Gasteiger partial charge < -0.3 is 5.11 Å². The van der Waals surface area contributed by atoms with Crippen molar-refractivity contribution in [2.75, 3.05) is 0 Å². The molecule has 0 saturated heterocycles. The molecule has 1 rings (SSSR count). The van der Waals surface area contributed by atoms with Gasteiger partial charge in [0.1, 0.15) is 6.20 Å². The van der Waals surface area contributed by atoms with Gasteiger partial charge in [0, 0.05) is 0 Å². The highest BCUT2D eigenvalue weighted by molar-refractivity contribution is 5.39. The summed E-state index contributed by atoms with van der Waals surface area (Å²) >= 11 is 0. The number of alkyl halides is 2. The first-order valence-electron chi connectivity index (χ1n) is 3.58.